The third-order valence-electron chi connectivity index (χ3n) is 12.7. The fourth-order valence-electron chi connectivity index (χ4n) is 9.39. The molecule has 9 rings (SSSR count). The van der Waals surface area contributed by atoms with Gasteiger partial charge in [0.2, 0.25) is 0 Å². The van der Waals surface area contributed by atoms with Gasteiger partial charge in [-0.05, 0) is 125 Å². The van der Waals surface area contributed by atoms with Crippen molar-refractivity contribution in [3.63, 3.8) is 0 Å². The van der Waals surface area contributed by atoms with Crippen molar-refractivity contribution in [2.45, 2.75) is 111 Å². The topological polar surface area (TPSA) is 6.48 Å². The highest BCUT2D eigenvalue weighted by molar-refractivity contribution is 7.00. The lowest BCUT2D eigenvalue weighted by molar-refractivity contribution is 0.590. The van der Waals surface area contributed by atoms with Crippen LogP contribution in [0.1, 0.15) is 116 Å². The first-order valence-corrected chi connectivity index (χ1v) is 20.7. The Morgan fingerprint density at radius 2 is 0.875 bits per heavy atom. The lowest BCUT2D eigenvalue weighted by Gasteiger charge is -2.46. The first-order chi connectivity index (χ1) is 26.3. The van der Waals surface area contributed by atoms with Crippen LogP contribution in [0.4, 0.5) is 34.1 Å². The molecule has 0 unspecified atom stereocenters. The van der Waals surface area contributed by atoms with Crippen molar-refractivity contribution in [1.29, 1.82) is 0 Å². The molecule has 3 aliphatic rings. The number of hydrogen-bond donors (Lipinski definition) is 0. The van der Waals surface area contributed by atoms with E-state index in [1.807, 2.05) is 0 Å². The zero-order valence-electron chi connectivity index (χ0n) is 35.6. The molecule has 56 heavy (non-hydrogen) atoms. The normalized spacial score (nSPS) is 14.6. The smallest absolute Gasteiger partial charge is 0.252 e. The molecule has 0 saturated carbocycles. The molecule has 0 spiro atoms. The van der Waals surface area contributed by atoms with Gasteiger partial charge in [-0.3, -0.25) is 0 Å². The largest absolute Gasteiger partial charge is 0.311 e. The minimum Gasteiger partial charge on any atom is -0.311 e. The summed E-state index contributed by atoms with van der Waals surface area (Å²) in [4.78, 5) is 5.22. The summed E-state index contributed by atoms with van der Waals surface area (Å²) in [5.74, 6) is 0. The molecule has 0 saturated heterocycles. The zero-order valence-corrected chi connectivity index (χ0v) is 35.6. The number of nitrogens with zero attached hydrogens (tertiary/aromatic N) is 2. The van der Waals surface area contributed by atoms with Gasteiger partial charge in [-0.25, -0.2) is 0 Å². The first-order valence-electron chi connectivity index (χ1n) is 20.7. The van der Waals surface area contributed by atoms with Crippen LogP contribution in [0.2, 0.25) is 0 Å². The van der Waals surface area contributed by atoms with Crippen molar-refractivity contribution in [3.05, 3.63) is 149 Å². The highest BCUT2D eigenvalue weighted by Gasteiger charge is 2.46. The lowest BCUT2D eigenvalue weighted by atomic mass is 9.33. The summed E-state index contributed by atoms with van der Waals surface area (Å²) in [6.45, 7) is 28.0. The Bertz CT molecular complexity index is 2500. The summed E-state index contributed by atoms with van der Waals surface area (Å²) in [5.41, 5.74) is 22.9. The van der Waals surface area contributed by atoms with Crippen LogP contribution in [-0.2, 0) is 28.1 Å². The van der Waals surface area contributed by atoms with Crippen molar-refractivity contribution in [2.75, 3.05) is 9.80 Å². The predicted molar refractivity (Wildman–Crippen MR) is 244 cm³/mol. The van der Waals surface area contributed by atoms with E-state index in [0.717, 1.165) is 6.42 Å². The van der Waals surface area contributed by atoms with Crippen LogP contribution in [0.15, 0.2) is 115 Å². The van der Waals surface area contributed by atoms with Crippen LogP contribution in [0, 0.1) is 0 Å². The van der Waals surface area contributed by atoms with Gasteiger partial charge in [-0.15, -0.1) is 0 Å². The summed E-state index contributed by atoms with van der Waals surface area (Å²) in [6, 6.07) is 45.2. The zero-order chi connectivity index (χ0) is 39.7. The van der Waals surface area contributed by atoms with E-state index in [4.69, 9.17) is 0 Å². The molecular formula is C53H57BN2. The van der Waals surface area contributed by atoms with Gasteiger partial charge < -0.3 is 9.80 Å². The Morgan fingerprint density at radius 1 is 0.429 bits per heavy atom. The molecule has 6 aromatic rings. The van der Waals surface area contributed by atoms with E-state index in [-0.39, 0.29) is 28.4 Å². The summed E-state index contributed by atoms with van der Waals surface area (Å²) < 4.78 is 0. The van der Waals surface area contributed by atoms with E-state index in [1.165, 1.54) is 95.0 Å². The number of hydrogen-bond acceptors (Lipinski definition) is 2. The Hall–Kier alpha value is -5.02. The van der Waals surface area contributed by atoms with Gasteiger partial charge in [-0.2, -0.15) is 0 Å². The molecule has 0 radical (unpaired) electrons. The van der Waals surface area contributed by atoms with Gasteiger partial charge in [0.05, 0.1) is 0 Å². The maximum Gasteiger partial charge on any atom is 0.252 e. The van der Waals surface area contributed by atoms with Crippen LogP contribution >= 0.6 is 0 Å². The quantitative estimate of drug-likeness (QED) is 0.163. The standard InChI is InChI=1S/C53H57BN2/c1-50(2,3)34-17-23-38(24-18-34)55-45-27-21-36(52(7,8)9)30-43(45)54-44-31-37(53(10,11)12)22-28-46(44)56(39-25-19-35(20-26-39)51(4,5)6)49-42-29-33-15-13-14-16-40(33)41(42)32-47(55)48(49)54/h13-28,30-32H,29H2,1-12H3. The highest BCUT2D eigenvalue weighted by atomic mass is 15.2. The second-order valence-electron chi connectivity index (χ2n) is 20.8. The number of anilines is 6. The van der Waals surface area contributed by atoms with E-state index < -0.39 is 0 Å². The first kappa shape index (κ1) is 36.6. The van der Waals surface area contributed by atoms with E-state index in [1.54, 1.807) is 0 Å². The summed E-state index contributed by atoms with van der Waals surface area (Å²) in [7, 11) is 0. The SMILES string of the molecule is CC(C)(C)c1ccc(N2c3ccc(C(C)(C)C)cc3B3c4cc(C(C)(C)C)ccc4N(c4ccc(C(C)(C)C)cc4)c4c5c(cc2c43)-c2ccccc2C5)cc1. The summed E-state index contributed by atoms with van der Waals surface area (Å²) >= 11 is 0. The molecular weight excluding hydrogens is 675 g/mol. The molecule has 6 aromatic carbocycles. The van der Waals surface area contributed by atoms with Gasteiger partial charge in [0.1, 0.15) is 0 Å². The third kappa shape index (κ3) is 5.76. The van der Waals surface area contributed by atoms with Crippen LogP contribution in [0.5, 0.6) is 0 Å². The van der Waals surface area contributed by atoms with E-state index in [2.05, 4.69) is 208 Å². The van der Waals surface area contributed by atoms with E-state index >= 15 is 0 Å². The van der Waals surface area contributed by atoms with Gasteiger partial charge in [0.25, 0.3) is 6.71 Å². The second-order valence-corrected chi connectivity index (χ2v) is 20.8. The average Bonchev–Trinajstić information content (AvgIpc) is 3.51. The van der Waals surface area contributed by atoms with Crippen molar-refractivity contribution in [1.82, 2.24) is 0 Å². The Labute approximate surface area is 336 Å². The molecule has 0 bridgehead atoms. The van der Waals surface area contributed by atoms with E-state index in [0.29, 0.717) is 0 Å². The van der Waals surface area contributed by atoms with Gasteiger partial charge in [-0.1, -0.05) is 156 Å². The van der Waals surface area contributed by atoms with Gasteiger partial charge >= 0.3 is 0 Å². The lowest BCUT2D eigenvalue weighted by Crippen LogP contribution is -2.62. The van der Waals surface area contributed by atoms with Crippen LogP contribution in [0.3, 0.4) is 0 Å². The van der Waals surface area contributed by atoms with Gasteiger partial charge in [0, 0.05) is 40.5 Å². The van der Waals surface area contributed by atoms with Crippen molar-refractivity contribution in [3.8, 4) is 11.1 Å². The number of benzene rings is 6. The third-order valence-corrected chi connectivity index (χ3v) is 12.7. The molecule has 0 atom stereocenters. The van der Waals surface area contributed by atoms with Crippen molar-refractivity contribution in [2.24, 2.45) is 0 Å². The van der Waals surface area contributed by atoms with Crippen LogP contribution < -0.4 is 26.2 Å². The van der Waals surface area contributed by atoms with Crippen molar-refractivity contribution < 1.29 is 0 Å². The molecule has 0 N–H and O–H groups in total. The maximum absolute atomic E-state index is 2.63. The molecule has 2 nitrogen and oxygen atoms in total. The molecule has 0 fully saturated rings. The number of fused-ring (bicyclic) bond motifs is 8. The second kappa shape index (κ2) is 12.2. The molecule has 282 valence electrons. The molecule has 0 aromatic heterocycles. The summed E-state index contributed by atoms with van der Waals surface area (Å²) in [5, 5.41) is 0. The van der Waals surface area contributed by atoms with Crippen LogP contribution in [0.25, 0.3) is 11.1 Å². The minimum atomic E-state index is 0.00247. The van der Waals surface area contributed by atoms with E-state index in [9.17, 15) is 0 Å². The summed E-state index contributed by atoms with van der Waals surface area (Å²) in [6.07, 6.45) is 0.919. The molecule has 3 heteroatoms. The highest BCUT2D eigenvalue weighted by Crippen LogP contribution is 2.52. The Kier molecular flexibility index (Phi) is 8.00. The molecule has 2 aliphatic heterocycles. The number of rotatable bonds is 2. The minimum absolute atomic E-state index is 0.00247. The molecule has 1 aliphatic carbocycles. The Morgan fingerprint density at radius 3 is 1.38 bits per heavy atom. The van der Waals surface area contributed by atoms with Gasteiger partial charge in [0.15, 0.2) is 0 Å². The fraction of sp³-hybridized carbons (Fsp3) is 0.321. The fourth-order valence-corrected chi connectivity index (χ4v) is 9.39. The van der Waals surface area contributed by atoms with Crippen molar-refractivity contribution >= 4 is 57.2 Å². The monoisotopic (exact) mass is 732 g/mol. The maximum atomic E-state index is 2.63. The average molecular weight is 733 g/mol. The predicted octanol–water partition coefficient (Wildman–Crippen LogP) is 12.5. The Balaban J connectivity index is 1.42. The van der Waals surface area contributed by atoms with Crippen LogP contribution in [-0.4, -0.2) is 6.71 Å². The molecule has 0 amide bonds. The molecule has 2 heterocycles.